The monoisotopic (exact) mass is 268 g/mol. The van der Waals surface area contributed by atoms with Gasteiger partial charge in [0.1, 0.15) is 5.82 Å². The summed E-state index contributed by atoms with van der Waals surface area (Å²) in [5.74, 6) is 2.65. The van der Waals surface area contributed by atoms with E-state index in [1.165, 1.54) is 19.3 Å². The predicted octanol–water partition coefficient (Wildman–Crippen LogP) is 3.31. The molecule has 0 aliphatic heterocycles. The van der Waals surface area contributed by atoms with Gasteiger partial charge in [0.2, 0.25) is 0 Å². The van der Waals surface area contributed by atoms with Gasteiger partial charge < -0.3 is 5.32 Å². The van der Waals surface area contributed by atoms with Gasteiger partial charge in [0.15, 0.2) is 5.82 Å². The van der Waals surface area contributed by atoms with Crippen molar-refractivity contribution >= 4 is 5.82 Å². The van der Waals surface area contributed by atoms with Crippen molar-refractivity contribution in [1.29, 1.82) is 0 Å². The number of nitrogens with one attached hydrogen (secondary N) is 1. The lowest BCUT2D eigenvalue weighted by molar-refractivity contribution is 0.758. The maximum atomic E-state index is 4.62. The normalized spacial score (nSPS) is 14.2. The van der Waals surface area contributed by atoms with E-state index in [1.807, 2.05) is 12.1 Å². The molecule has 1 aliphatic rings. The van der Waals surface area contributed by atoms with Gasteiger partial charge in [0.05, 0.1) is 0 Å². The fourth-order valence-electron chi connectivity index (χ4n) is 2.21. The van der Waals surface area contributed by atoms with E-state index in [0.29, 0.717) is 0 Å². The van der Waals surface area contributed by atoms with Crippen LogP contribution in [0.25, 0.3) is 11.4 Å². The largest absolute Gasteiger partial charge is 0.370 e. The van der Waals surface area contributed by atoms with E-state index < -0.39 is 0 Å². The number of anilines is 1. The molecule has 0 amide bonds. The SMILES string of the molecule is CCc1cc(NCCC2CC2)nc(-c2ccncc2)n1. The Kier molecular flexibility index (Phi) is 3.90. The first-order valence-electron chi connectivity index (χ1n) is 7.37. The molecular formula is C16H20N4. The first-order chi connectivity index (χ1) is 9.85. The van der Waals surface area contributed by atoms with E-state index in [4.69, 9.17) is 0 Å². The quantitative estimate of drug-likeness (QED) is 0.873. The van der Waals surface area contributed by atoms with Crippen LogP contribution in [-0.4, -0.2) is 21.5 Å². The minimum atomic E-state index is 0.778. The van der Waals surface area contributed by atoms with Crippen molar-refractivity contribution in [2.24, 2.45) is 5.92 Å². The molecule has 1 saturated carbocycles. The van der Waals surface area contributed by atoms with E-state index in [-0.39, 0.29) is 0 Å². The number of aromatic nitrogens is 3. The summed E-state index contributed by atoms with van der Waals surface area (Å²) < 4.78 is 0. The number of hydrogen-bond acceptors (Lipinski definition) is 4. The number of rotatable bonds is 6. The third-order valence-electron chi connectivity index (χ3n) is 3.64. The third-order valence-corrected chi connectivity index (χ3v) is 3.64. The maximum absolute atomic E-state index is 4.62. The zero-order chi connectivity index (χ0) is 13.8. The van der Waals surface area contributed by atoms with Gasteiger partial charge in [-0.25, -0.2) is 9.97 Å². The zero-order valence-electron chi connectivity index (χ0n) is 11.8. The third kappa shape index (κ3) is 3.32. The Bertz CT molecular complexity index is 564. The second kappa shape index (κ2) is 5.99. The van der Waals surface area contributed by atoms with Crippen molar-refractivity contribution in [2.75, 3.05) is 11.9 Å². The average molecular weight is 268 g/mol. The van der Waals surface area contributed by atoms with E-state index in [1.54, 1.807) is 12.4 Å². The molecule has 4 nitrogen and oxygen atoms in total. The van der Waals surface area contributed by atoms with Crippen LogP contribution in [0.1, 0.15) is 31.9 Å². The summed E-state index contributed by atoms with van der Waals surface area (Å²) >= 11 is 0. The first-order valence-corrected chi connectivity index (χ1v) is 7.37. The molecule has 2 heterocycles. The summed E-state index contributed by atoms with van der Waals surface area (Å²) in [5, 5.41) is 3.43. The van der Waals surface area contributed by atoms with Gasteiger partial charge in [-0.15, -0.1) is 0 Å². The van der Waals surface area contributed by atoms with Crippen molar-refractivity contribution in [3.63, 3.8) is 0 Å². The second-order valence-electron chi connectivity index (χ2n) is 5.32. The second-order valence-corrected chi connectivity index (χ2v) is 5.32. The maximum Gasteiger partial charge on any atom is 0.161 e. The lowest BCUT2D eigenvalue weighted by atomic mass is 10.2. The topological polar surface area (TPSA) is 50.7 Å². The molecule has 0 atom stereocenters. The molecule has 0 aromatic carbocycles. The molecule has 0 radical (unpaired) electrons. The lowest BCUT2D eigenvalue weighted by Crippen LogP contribution is -2.06. The van der Waals surface area contributed by atoms with Gasteiger partial charge in [-0.2, -0.15) is 0 Å². The van der Waals surface area contributed by atoms with Crippen LogP contribution in [-0.2, 0) is 6.42 Å². The Labute approximate surface area is 119 Å². The van der Waals surface area contributed by atoms with Crippen molar-refractivity contribution < 1.29 is 0 Å². The van der Waals surface area contributed by atoms with E-state index in [0.717, 1.165) is 41.8 Å². The molecule has 104 valence electrons. The van der Waals surface area contributed by atoms with Crippen molar-refractivity contribution in [1.82, 2.24) is 15.0 Å². The highest BCUT2D eigenvalue weighted by atomic mass is 15.0. The number of nitrogens with zero attached hydrogens (tertiary/aromatic N) is 3. The van der Waals surface area contributed by atoms with E-state index >= 15 is 0 Å². The molecule has 1 aliphatic carbocycles. The summed E-state index contributed by atoms with van der Waals surface area (Å²) in [6.45, 7) is 3.12. The van der Waals surface area contributed by atoms with Crippen LogP contribution in [0.4, 0.5) is 5.82 Å². The zero-order valence-corrected chi connectivity index (χ0v) is 11.8. The molecule has 3 rings (SSSR count). The fourth-order valence-corrected chi connectivity index (χ4v) is 2.21. The van der Waals surface area contributed by atoms with Crippen LogP contribution in [0.5, 0.6) is 0 Å². The molecule has 1 N–H and O–H groups in total. The van der Waals surface area contributed by atoms with Crippen LogP contribution < -0.4 is 5.32 Å². The summed E-state index contributed by atoms with van der Waals surface area (Å²) in [6.07, 6.45) is 8.50. The molecule has 2 aromatic rings. The van der Waals surface area contributed by atoms with Gasteiger partial charge in [0, 0.05) is 36.3 Å². The Morgan fingerprint density at radius 1 is 1.20 bits per heavy atom. The van der Waals surface area contributed by atoms with Gasteiger partial charge in [-0.3, -0.25) is 4.98 Å². The number of aryl methyl sites for hydroxylation is 1. The van der Waals surface area contributed by atoms with Crippen LogP contribution in [0.15, 0.2) is 30.6 Å². The molecule has 20 heavy (non-hydrogen) atoms. The van der Waals surface area contributed by atoms with Crippen molar-refractivity contribution in [3.05, 3.63) is 36.3 Å². The highest BCUT2D eigenvalue weighted by Gasteiger charge is 2.20. The van der Waals surface area contributed by atoms with Gasteiger partial charge >= 0.3 is 0 Å². The Balaban J connectivity index is 1.78. The molecule has 0 unspecified atom stereocenters. The first kappa shape index (κ1) is 13.0. The standard InChI is InChI=1S/C16H20N4/c1-2-14-11-15(18-10-5-12-3-4-12)20-16(19-14)13-6-8-17-9-7-13/h6-9,11-12H,2-5,10H2,1H3,(H,18,19,20). The summed E-state index contributed by atoms with van der Waals surface area (Å²) in [4.78, 5) is 13.3. The molecule has 2 aromatic heterocycles. The highest BCUT2D eigenvalue weighted by Crippen LogP contribution is 2.32. The van der Waals surface area contributed by atoms with E-state index in [2.05, 4.69) is 33.3 Å². The predicted molar refractivity (Wildman–Crippen MR) is 80.5 cm³/mol. The molecule has 0 saturated heterocycles. The molecular weight excluding hydrogens is 248 g/mol. The minimum Gasteiger partial charge on any atom is -0.370 e. The molecule has 4 heteroatoms. The minimum absolute atomic E-state index is 0.778. The highest BCUT2D eigenvalue weighted by molar-refractivity contribution is 5.56. The van der Waals surface area contributed by atoms with Gasteiger partial charge in [0.25, 0.3) is 0 Å². The summed E-state index contributed by atoms with van der Waals surface area (Å²) in [7, 11) is 0. The smallest absolute Gasteiger partial charge is 0.161 e. The molecule has 0 spiro atoms. The Hall–Kier alpha value is -1.97. The molecule has 1 fully saturated rings. The average Bonchev–Trinajstić information content (AvgIpc) is 3.32. The molecule has 0 bridgehead atoms. The summed E-state index contributed by atoms with van der Waals surface area (Å²) in [5.41, 5.74) is 2.08. The Morgan fingerprint density at radius 3 is 2.70 bits per heavy atom. The summed E-state index contributed by atoms with van der Waals surface area (Å²) in [6, 6.07) is 5.95. The van der Waals surface area contributed by atoms with Gasteiger partial charge in [-0.05, 0) is 30.9 Å². The van der Waals surface area contributed by atoms with Crippen LogP contribution in [0.2, 0.25) is 0 Å². The fraction of sp³-hybridized carbons (Fsp3) is 0.438. The lowest BCUT2D eigenvalue weighted by Gasteiger charge is -2.09. The van der Waals surface area contributed by atoms with Gasteiger partial charge in [-0.1, -0.05) is 19.8 Å². The van der Waals surface area contributed by atoms with Crippen LogP contribution >= 0.6 is 0 Å². The Morgan fingerprint density at radius 2 is 2.00 bits per heavy atom. The van der Waals surface area contributed by atoms with Crippen LogP contribution in [0.3, 0.4) is 0 Å². The number of hydrogen-bond donors (Lipinski definition) is 1. The van der Waals surface area contributed by atoms with E-state index in [9.17, 15) is 0 Å². The van der Waals surface area contributed by atoms with Crippen molar-refractivity contribution in [2.45, 2.75) is 32.6 Å². The van der Waals surface area contributed by atoms with Crippen LogP contribution in [0, 0.1) is 5.92 Å². The van der Waals surface area contributed by atoms with Crippen molar-refractivity contribution in [3.8, 4) is 11.4 Å². The number of pyridine rings is 1.